The van der Waals surface area contributed by atoms with Crippen LogP contribution in [0.3, 0.4) is 0 Å². The van der Waals surface area contributed by atoms with Crippen LogP contribution in [0.2, 0.25) is 0 Å². The molecule has 2 aromatic rings. The maximum atomic E-state index is 13.9. The molecule has 2 rings (SSSR count). The molecule has 4 N–H and O–H groups in total. The summed E-state index contributed by atoms with van der Waals surface area (Å²) in [7, 11) is -4.56. The van der Waals surface area contributed by atoms with Gasteiger partial charge < -0.3 is 20.9 Å². The van der Waals surface area contributed by atoms with Crippen LogP contribution in [0.1, 0.15) is 25.0 Å². The standard InChI is InChI=1S/C20H24N2O6S/c1-15(23)27-13-19(21,17-9-5-3-6-10-17)29(25,26)20(22,14-28-16(2)24)18-11-7-4-8-12-18/h3-12H,13-14,21-22H2,1-2H3. The maximum absolute atomic E-state index is 13.9. The van der Waals surface area contributed by atoms with Crippen molar-refractivity contribution >= 4 is 21.8 Å². The van der Waals surface area contributed by atoms with Gasteiger partial charge in [-0.15, -0.1) is 0 Å². The lowest BCUT2D eigenvalue weighted by Gasteiger charge is -2.38. The van der Waals surface area contributed by atoms with Crippen molar-refractivity contribution in [1.82, 2.24) is 0 Å². The highest BCUT2D eigenvalue weighted by Crippen LogP contribution is 2.38. The van der Waals surface area contributed by atoms with E-state index in [4.69, 9.17) is 20.9 Å². The van der Waals surface area contributed by atoms with Gasteiger partial charge in [0, 0.05) is 13.8 Å². The molecule has 2 unspecified atom stereocenters. The van der Waals surface area contributed by atoms with Crippen LogP contribution in [0.25, 0.3) is 0 Å². The predicted molar refractivity (Wildman–Crippen MR) is 107 cm³/mol. The number of hydrogen-bond acceptors (Lipinski definition) is 8. The highest BCUT2D eigenvalue weighted by molar-refractivity contribution is 7.93. The minimum absolute atomic E-state index is 0.176. The molecule has 0 aliphatic carbocycles. The Morgan fingerprint density at radius 3 is 1.34 bits per heavy atom. The van der Waals surface area contributed by atoms with Crippen molar-refractivity contribution in [3.63, 3.8) is 0 Å². The number of carbonyl (C=O) groups is 2. The van der Waals surface area contributed by atoms with Crippen molar-refractivity contribution < 1.29 is 27.5 Å². The van der Waals surface area contributed by atoms with Crippen LogP contribution < -0.4 is 11.5 Å². The quantitative estimate of drug-likeness (QED) is 0.606. The Morgan fingerprint density at radius 2 is 1.07 bits per heavy atom. The van der Waals surface area contributed by atoms with E-state index in [9.17, 15) is 18.0 Å². The number of nitrogens with two attached hydrogens (primary N) is 2. The van der Waals surface area contributed by atoms with E-state index in [0.29, 0.717) is 0 Å². The molecule has 0 amide bonds. The molecular formula is C20H24N2O6S. The molecule has 2 aromatic carbocycles. The molecule has 29 heavy (non-hydrogen) atoms. The average molecular weight is 420 g/mol. The first-order valence-corrected chi connectivity index (χ1v) is 10.2. The second-order valence-electron chi connectivity index (χ2n) is 6.57. The second kappa shape index (κ2) is 8.73. The molecule has 9 heteroatoms. The first-order chi connectivity index (χ1) is 13.5. The molecule has 0 saturated heterocycles. The summed E-state index contributed by atoms with van der Waals surface area (Å²) in [5, 5.41) is 0. The zero-order chi connectivity index (χ0) is 21.7. The Balaban J connectivity index is 2.70. The zero-order valence-electron chi connectivity index (χ0n) is 16.2. The maximum Gasteiger partial charge on any atom is 0.302 e. The molecule has 8 nitrogen and oxygen atoms in total. The van der Waals surface area contributed by atoms with Gasteiger partial charge in [0.1, 0.15) is 13.2 Å². The Labute approximate surface area is 169 Å². The molecule has 156 valence electrons. The molecule has 0 saturated carbocycles. The highest BCUT2D eigenvalue weighted by atomic mass is 32.2. The van der Waals surface area contributed by atoms with E-state index in [1.807, 2.05) is 0 Å². The molecule has 0 spiro atoms. The summed E-state index contributed by atoms with van der Waals surface area (Å²) < 4.78 is 37.7. The summed E-state index contributed by atoms with van der Waals surface area (Å²) in [6, 6.07) is 15.8. The summed E-state index contributed by atoms with van der Waals surface area (Å²) in [4.78, 5) is 18.4. The van der Waals surface area contributed by atoms with Crippen molar-refractivity contribution in [3.8, 4) is 0 Å². The van der Waals surface area contributed by atoms with Gasteiger partial charge in [-0.1, -0.05) is 60.7 Å². The number of sulfone groups is 1. The van der Waals surface area contributed by atoms with Crippen molar-refractivity contribution in [3.05, 3.63) is 71.8 Å². The van der Waals surface area contributed by atoms with E-state index >= 15 is 0 Å². The van der Waals surface area contributed by atoms with Gasteiger partial charge in [0.25, 0.3) is 0 Å². The molecular weight excluding hydrogens is 396 g/mol. The normalized spacial score (nSPS) is 15.6. The van der Waals surface area contributed by atoms with Crippen LogP contribution in [-0.4, -0.2) is 33.6 Å². The summed E-state index contributed by atoms with van der Waals surface area (Å²) >= 11 is 0. The van der Waals surface area contributed by atoms with Crippen molar-refractivity contribution in [2.75, 3.05) is 13.2 Å². The fraction of sp³-hybridized carbons (Fsp3) is 0.300. The van der Waals surface area contributed by atoms with Gasteiger partial charge in [0.2, 0.25) is 9.84 Å². The van der Waals surface area contributed by atoms with Crippen LogP contribution in [0, 0.1) is 0 Å². The summed E-state index contributed by atoms with van der Waals surface area (Å²) in [5.41, 5.74) is 13.1. The third kappa shape index (κ3) is 4.47. The van der Waals surface area contributed by atoms with Crippen LogP contribution in [-0.2, 0) is 38.6 Å². The smallest absolute Gasteiger partial charge is 0.302 e. The monoisotopic (exact) mass is 420 g/mol. The molecule has 0 radical (unpaired) electrons. The molecule has 0 bridgehead atoms. The Hall–Kier alpha value is -2.75. The molecule has 0 aromatic heterocycles. The van der Waals surface area contributed by atoms with E-state index in [-0.39, 0.29) is 11.1 Å². The van der Waals surface area contributed by atoms with Crippen LogP contribution in [0.5, 0.6) is 0 Å². The summed E-state index contributed by atoms with van der Waals surface area (Å²) in [6.45, 7) is 0.953. The Kier molecular flexibility index (Phi) is 6.78. The van der Waals surface area contributed by atoms with Gasteiger partial charge in [-0.2, -0.15) is 0 Å². The average Bonchev–Trinajstić information content (AvgIpc) is 2.71. The van der Waals surface area contributed by atoms with E-state index in [1.54, 1.807) is 36.4 Å². The van der Waals surface area contributed by atoms with Crippen LogP contribution >= 0.6 is 0 Å². The van der Waals surface area contributed by atoms with Gasteiger partial charge >= 0.3 is 11.9 Å². The van der Waals surface area contributed by atoms with Gasteiger partial charge in [-0.05, 0) is 11.1 Å². The largest absolute Gasteiger partial charge is 0.462 e. The van der Waals surface area contributed by atoms with E-state index in [0.717, 1.165) is 13.8 Å². The third-order valence-electron chi connectivity index (χ3n) is 4.46. The number of esters is 2. The lowest BCUT2D eigenvalue weighted by molar-refractivity contribution is -0.142. The zero-order valence-corrected chi connectivity index (χ0v) is 17.0. The highest BCUT2D eigenvalue weighted by Gasteiger charge is 2.56. The molecule has 0 heterocycles. The fourth-order valence-electron chi connectivity index (χ4n) is 2.82. The minimum atomic E-state index is -4.56. The summed E-state index contributed by atoms with van der Waals surface area (Å²) in [5.74, 6) is -1.40. The van der Waals surface area contributed by atoms with Crippen molar-refractivity contribution in [2.45, 2.75) is 23.6 Å². The van der Waals surface area contributed by atoms with Crippen molar-refractivity contribution in [2.24, 2.45) is 11.5 Å². The van der Waals surface area contributed by atoms with Crippen LogP contribution in [0.4, 0.5) is 0 Å². The van der Waals surface area contributed by atoms with Crippen LogP contribution in [0.15, 0.2) is 60.7 Å². The van der Waals surface area contributed by atoms with E-state index in [1.165, 1.54) is 24.3 Å². The SMILES string of the molecule is CC(=O)OCC(N)(c1ccccc1)S(=O)(=O)C(N)(COC(C)=O)c1ccccc1. The second-order valence-corrected chi connectivity index (χ2v) is 9.04. The lowest BCUT2D eigenvalue weighted by Crippen LogP contribution is -2.62. The molecule has 2 atom stereocenters. The van der Waals surface area contributed by atoms with Crippen molar-refractivity contribution in [1.29, 1.82) is 0 Å². The Bertz CT molecular complexity index is 891. The summed E-state index contributed by atoms with van der Waals surface area (Å²) in [6.07, 6.45) is 0. The number of hydrogen-bond donors (Lipinski definition) is 2. The number of carbonyl (C=O) groups excluding carboxylic acids is 2. The molecule has 0 fully saturated rings. The first kappa shape index (κ1) is 22.5. The third-order valence-corrected chi connectivity index (χ3v) is 7.09. The first-order valence-electron chi connectivity index (χ1n) is 8.74. The van der Waals surface area contributed by atoms with Gasteiger partial charge in [-0.3, -0.25) is 9.59 Å². The number of rotatable bonds is 8. The Morgan fingerprint density at radius 1 is 0.759 bits per heavy atom. The fourth-order valence-corrected chi connectivity index (χ4v) is 4.79. The van der Waals surface area contributed by atoms with Gasteiger partial charge in [0.15, 0.2) is 9.74 Å². The lowest BCUT2D eigenvalue weighted by atomic mass is 10.1. The van der Waals surface area contributed by atoms with Gasteiger partial charge in [-0.25, -0.2) is 8.42 Å². The predicted octanol–water partition coefficient (Wildman–Crippen LogP) is 1.15. The molecule has 0 aliphatic rings. The minimum Gasteiger partial charge on any atom is -0.462 e. The van der Waals surface area contributed by atoms with E-state index in [2.05, 4.69) is 0 Å². The topological polar surface area (TPSA) is 139 Å². The van der Waals surface area contributed by atoms with E-state index < -0.39 is 44.7 Å². The van der Waals surface area contributed by atoms with Gasteiger partial charge in [0.05, 0.1) is 0 Å². The molecule has 0 aliphatic heterocycles. The number of benzene rings is 2. The number of ether oxygens (including phenoxy) is 2.